The molecule has 0 amide bonds. The van der Waals surface area contributed by atoms with Crippen LogP contribution in [0.3, 0.4) is 0 Å². The van der Waals surface area contributed by atoms with E-state index < -0.39 is 0 Å². The normalized spacial score (nSPS) is 10.3. The average Bonchev–Trinajstić information content (AvgIpc) is 2.46. The number of hydrogen-bond acceptors (Lipinski definition) is 3. The van der Waals surface area contributed by atoms with E-state index in [-0.39, 0.29) is 12.6 Å². The van der Waals surface area contributed by atoms with Crippen molar-refractivity contribution in [3.05, 3.63) is 42.0 Å². The largest absolute Gasteiger partial charge is 0.462 e. The molecule has 0 aliphatic heterocycles. The third-order valence-corrected chi connectivity index (χ3v) is 3.15. The molecule has 0 saturated carbocycles. The first-order valence-corrected chi connectivity index (χ1v) is 7.25. The molecule has 3 nitrogen and oxygen atoms in total. The van der Waals surface area contributed by atoms with E-state index in [4.69, 9.17) is 9.84 Å². The van der Waals surface area contributed by atoms with Gasteiger partial charge in [-0.05, 0) is 24.0 Å². The molecule has 0 atom stereocenters. The van der Waals surface area contributed by atoms with Crippen LogP contribution in [0.25, 0.3) is 5.57 Å². The maximum atomic E-state index is 11.9. The third kappa shape index (κ3) is 5.57. The fourth-order valence-electron chi connectivity index (χ4n) is 1.94. The molecule has 0 heterocycles. The van der Waals surface area contributed by atoms with Crippen molar-refractivity contribution >= 4 is 11.5 Å². The summed E-state index contributed by atoms with van der Waals surface area (Å²) in [7, 11) is 0. The zero-order chi connectivity index (χ0) is 14.8. The molecule has 0 aliphatic carbocycles. The van der Waals surface area contributed by atoms with E-state index in [2.05, 4.69) is 13.5 Å². The molecule has 0 unspecified atom stereocenters. The molecular formula is C17H24O3. The molecule has 110 valence electrons. The van der Waals surface area contributed by atoms with Gasteiger partial charge in [0.2, 0.25) is 0 Å². The third-order valence-electron chi connectivity index (χ3n) is 3.15. The lowest BCUT2D eigenvalue weighted by molar-refractivity contribution is -0.136. The SMILES string of the molecule is C=C(C(=O)OCCCCCC)c1cccc(CCO)c1. The quantitative estimate of drug-likeness (QED) is 0.427. The number of aliphatic hydroxyl groups is 1. The Morgan fingerprint density at radius 1 is 1.30 bits per heavy atom. The van der Waals surface area contributed by atoms with Gasteiger partial charge < -0.3 is 9.84 Å². The Balaban J connectivity index is 2.47. The van der Waals surface area contributed by atoms with Crippen molar-refractivity contribution in [2.75, 3.05) is 13.2 Å². The molecule has 0 bridgehead atoms. The number of ether oxygens (including phenoxy) is 1. The van der Waals surface area contributed by atoms with Crippen LogP contribution in [0.5, 0.6) is 0 Å². The summed E-state index contributed by atoms with van der Waals surface area (Å²) in [6, 6.07) is 7.49. The zero-order valence-corrected chi connectivity index (χ0v) is 12.2. The number of rotatable bonds is 9. The highest BCUT2D eigenvalue weighted by Gasteiger charge is 2.11. The number of carbonyl (C=O) groups is 1. The molecule has 0 radical (unpaired) electrons. The number of hydrogen-bond donors (Lipinski definition) is 1. The van der Waals surface area contributed by atoms with Crippen LogP contribution in [0.15, 0.2) is 30.8 Å². The molecule has 0 fully saturated rings. The van der Waals surface area contributed by atoms with Crippen molar-refractivity contribution in [3.63, 3.8) is 0 Å². The van der Waals surface area contributed by atoms with Gasteiger partial charge in [0.05, 0.1) is 12.2 Å². The van der Waals surface area contributed by atoms with E-state index in [0.29, 0.717) is 18.6 Å². The average molecular weight is 276 g/mol. The predicted molar refractivity (Wildman–Crippen MR) is 81.4 cm³/mol. The van der Waals surface area contributed by atoms with E-state index in [1.165, 1.54) is 6.42 Å². The second kappa shape index (κ2) is 9.32. The van der Waals surface area contributed by atoms with Crippen LogP contribution in [0, 0.1) is 0 Å². The van der Waals surface area contributed by atoms with Gasteiger partial charge in [-0.2, -0.15) is 0 Å². The smallest absolute Gasteiger partial charge is 0.338 e. The first-order valence-electron chi connectivity index (χ1n) is 7.25. The highest BCUT2D eigenvalue weighted by Crippen LogP contribution is 2.16. The van der Waals surface area contributed by atoms with Crippen molar-refractivity contribution in [1.82, 2.24) is 0 Å². The van der Waals surface area contributed by atoms with E-state index >= 15 is 0 Å². The Morgan fingerprint density at radius 2 is 2.10 bits per heavy atom. The number of esters is 1. The monoisotopic (exact) mass is 276 g/mol. The molecule has 0 saturated heterocycles. The predicted octanol–water partition coefficient (Wildman–Crippen LogP) is 3.36. The van der Waals surface area contributed by atoms with Crippen molar-refractivity contribution < 1.29 is 14.6 Å². The summed E-state index contributed by atoms with van der Waals surface area (Å²) in [6.45, 7) is 6.50. The Hall–Kier alpha value is -1.61. The number of benzene rings is 1. The first-order chi connectivity index (χ1) is 9.69. The summed E-state index contributed by atoms with van der Waals surface area (Å²) in [5, 5.41) is 8.93. The van der Waals surface area contributed by atoms with Gasteiger partial charge in [-0.1, -0.05) is 57.0 Å². The maximum absolute atomic E-state index is 11.9. The van der Waals surface area contributed by atoms with Crippen molar-refractivity contribution in [2.45, 2.75) is 39.0 Å². The topological polar surface area (TPSA) is 46.5 Å². The number of unbranched alkanes of at least 4 members (excludes halogenated alkanes) is 3. The molecule has 0 spiro atoms. The van der Waals surface area contributed by atoms with Crippen LogP contribution < -0.4 is 0 Å². The van der Waals surface area contributed by atoms with Crippen LogP contribution in [0.1, 0.15) is 43.7 Å². The van der Waals surface area contributed by atoms with Crippen LogP contribution >= 0.6 is 0 Å². The Kier molecular flexibility index (Phi) is 7.66. The summed E-state index contributed by atoms with van der Waals surface area (Å²) >= 11 is 0. The van der Waals surface area contributed by atoms with Crippen LogP contribution in [-0.2, 0) is 16.0 Å². The standard InChI is InChI=1S/C17H24O3/c1-3-4-5-6-12-20-17(19)14(2)16-9-7-8-15(13-16)10-11-18/h7-9,13,18H,2-6,10-12H2,1H3. The van der Waals surface area contributed by atoms with Gasteiger partial charge in [0.25, 0.3) is 0 Å². The van der Waals surface area contributed by atoms with Crippen molar-refractivity contribution in [2.24, 2.45) is 0 Å². The van der Waals surface area contributed by atoms with E-state index in [9.17, 15) is 4.79 Å². The first kappa shape index (κ1) is 16.4. The molecule has 0 aromatic heterocycles. The molecule has 3 heteroatoms. The lowest BCUT2D eigenvalue weighted by atomic mass is 10.0. The molecule has 1 aromatic rings. The minimum absolute atomic E-state index is 0.0950. The highest BCUT2D eigenvalue weighted by atomic mass is 16.5. The van der Waals surface area contributed by atoms with Crippen LogP contribution in [0.4, 0.5) is 0 Å². The summed E-state index contributed by atoms with van der Waals surface area (Å²) in [5.41, 5.74) is 2.12. The molecule has 1 aromatic carbocycles. The zero-order valence-electron chi connectivity index (χ0n) is 12.2. The number of aliphatic hydroxyl groups excluding tert-OH is 1. The maximum Gasteiger partial charge on any atom is 0.338 e. The van der Waals surface area contributed by atoms with Gasteiger partial charge >= 0.3 is 5.97 Å². The van der Waals surface area contributed by atoms with Gasteiger partial charge in [0, 0.05) is 6.61 Å². The molecular weight excluding hydrogens is 252 g/mol. The second-order valence-electron chi connectivity index (χ2n) is 4.85. The Labute approximate surface area is 121 Å². The molecule has 1 N–H and O–H groups in total. The summed E-state index contributed by atoms with van der Waals surface area (Å²) < 4.78 is 5.22. The van der Waals surface area contributed by atoms with Gasteiger partial charge in [-0.25, -0.2) is 4.79 Å². The highest BCUT2D eigenvalue weighted by molar-refractivity contribution is 6.15. The van der Waals surface area contributed by atoms with E-state index in [0.717, 1.165) is 30.4 Å². The summed E-state index contributed by atoms with van der Waals surface area (Å²) in [5.74, 6) is -0.359. The van der Waals surface area contributed by atoms with Gasteiger partial charge in [-0.15, -0.1) is 0 Å². The fraction of sp³-hybridized carbons (Fsp3) is 0.471. The van der Waals surface area contributed by atoms with Crippen LogP contribution in [-0.4, -0.2) is 24.3 Å². The van der Waals surface area contributed by atoms with Crippen LogP contribution in [0.2, 0.25) is 0 Å². The Bertz CT molecular complexity index is 438. The van der Waals surface area contributed by atoms with Gasteiger partial charge in [0.15, 0.2) is 0 Å². The summed E-state index contributed by atoms with van der Waals surface area (Å²) in [6.07, 6.45) is 4.90. The summed E-state index contributed by atoms with van der Waals surface area (Å²) in [4.78, 5) is 11.9. The van der Waals surface area contributed by atoms with E-state index in [1.54, 1.807) is 0 Å². The molecule has 1 rings (SSSR count). The van der Waals surface area contributed by atoms with Crippen molar-refractivity contribution in [1.29, 1.82) is 0 Å². The lowest BCUT2D eigenvalue weighted by Crippen LogP contribution is -2.08. The van der Waals surface area contributed by atoms with Crippen molar-refractivity contribution in [3.8, 4) is 0 Å². The van der Waals surface area contributed by atoms with Gasteiger partial charge in [0.1, 0.15) is 0 Å². The second-order valence-corrected chi connectivity index (χ2v) is 4.85. The van der Waals surface area contributed by atoms with E-state index in [1.807, 2.05) is 24.3 Å². The van der Waals surface area contributed by atoms with Gasteiger partial charge in [-0.3, -0.25) is 0 Å². The fourth-order valence-corrected chi connectivity index (χ4v) is 1.94. The Morgan fingerprint density at radius 3 is 2.80 bits per heavy atom. The minimum atomic E-state index is -0.359. The molecule has 20 heavy (non-hydrogen) atoms. The lowest BCUT2D eigenvalue weighted by Gasteiger charge is -2.08. The number of carbonyl (C=O) groups excluding carboxylic acids is 1. The molecule has 0 aliphatic rings. The minimum Gasteiger partial charge on any atom is -0.462 e.